The quantitative estimate of drug-likeness (QED) is 0.274. The number of rotatable bonds is 10. The van der Waals surface area contributed by atoms with Gasteiger partial charge in [-0.05, 0) is 30.2 Å². The van der Waals surface area contributed by atoms with E-state index in [9.17, 15) is 14.7 Å². The fourth-order valence-electron chi connectivity index (χ4n) is 6.52. The van der Waals surface area contributed by atoms with Gasteiger partial charge in [-0.2, -0.15) is 0 Å². The van der Waals surface area contributed by atoms with Crippen LogP contribution >= 0.6 is 0 Å². The first-order valence-corrected chi connectivity index (χ1v) is 14.1. The molecule has 2 bridgehead atoms. The van der Waals surface area contributed by atoms with E-state index in [1.165, 1.54) is 0 Å². The Bertz CT molecular complexity index is 1260. The molecular formula is C33H38BrNO6. The predicted molar refractivity (Wildman–Crippen MR) is 150 cm³/mol. The summed E-state index contributed by atoms with van der Waals surface area (Å²) in [6.07, 6.45) is 3.37. The van der Waals surface area contributed by atoms with E-state index in [-0.39, 0.29) is 35.7 Å². The van der Waals surface area contributed by atoms with E-state index in [1.54, 1.807) is 31.2 Å². The van der Waals surface area contributed by atoms with Crippen molar-refractivity contribution in [2.75, 3.05) is 20.3 Å². The number of quaternary nitrogens is 1. The van der Waals surface area contributed by atoms with Crippen LogP contribution in [0.1, 0.15) is 49.3 Å². The average Bonchev–Trinajstić information content (AvgIpc) is 3.12. The van der Waals surface area contributed by atoms with Gasteiger partial charge in [0, 0.05) is 31.2 Å². The number of carbonyl (C=O) groups is 2. The second kappa shape index (κ2) is 13.2. The lowest BCUT2D eigenvalue weighted by molar-refractivity contribution is -0.961. The van der Waals surface area contributed by atoms with Crippen molar-refractivity contribution in [3.8, 4) is 5.75 Å². The summed E-state index contributed by atoms with van der Waals surface area (Å²) in [6, 6.07) is 26.6. The molecule has 0 aliphatic carbocycles. The number of aliphatic hydroxyl groups is 1. The highest BCUT2D eigenvalue weighted by Gasteiger charge is 2.53. The molecule has 218 valence electrons. The third kappa shape index (κ3) is 6.50. The summed E-state index contributed by atoms with van der Waals surface area (Å²) in [5, 5.41) is 11.8. The zero-order valence-electron chi connectivity index (χ0n) is 23.6. The number of nitrogens with zero attached hydrogens (tertiary/aromatic N) is 1. The molecule has 5 rings (SSSR count). The molecule has 0 aromatic heterocycles. The molecule has 2 aliphatic rings. The second-order valence-corrected chi connectivity index (χ2v) is 11.1. The van der Waals surface area contributed by atoms with Gasteiger partial charge < -0.3 is 40.8 Å². The van der Waals surface area contributed by atoms with Crippen molar-refractivity contribution in [3.63, 3.8) is 0 Å². The lowest BCUT2D eigenvalue weighted by atomic mass is 9.86. The number of benzene rings is 3. The number of halogens is 1. The summed E-state index contributed by atoms with van der Waals surface area (Å²) >= 11 is 0. The first-order valence-electron chi connectivity index (χ1n) is 14.1. The van der Waals surface area contributed by atoms with Crippen molar-refractivity contribution in [3.05, 3.63) is 102 Å². The van der Waals surface area contributed by atoms with Crippen LogP contribution in [0, 0.1) is 0 Å². The Morgan fingerprint density at radius 2 is 1.49 bits per heavy atom. The smallest absolute Gasteiger partial charge is 0.347 e. The Morgan fingerprint density at radius 1 is 0.902 bits per heavy atom. The van der Waals surface area contributed by atoms with Gasteiger partial charge in [0.25, 0.3) is 0 Å². The Balaban J connectivity index is 0.00000387. The highest BCUT2D eigenvalue weighted by atomic mass is 79.9. The van der Waals surface area contributed by atoms with Gasteiger partial charge in [0.1, 0.15) is 18.4 Å². The molecule has 41 heavy (non-hydrogen) atoms. The third-order valence-electron chi connectivity index (χ3n) is 8.61. The Kier molecular flexibility index (Phi) is 9.89. The van der Waals surface area contributed by atoms with Crippen LogP contribution in [0.2, 0.25) is 0 Å². The Morgan fingerprint density at radius 3 is 2.05 bits per heavy atom. The lowest BCUT2D eigenvalue weighted by Gasteiger charge is -2.47. The predicted octanol–water partition coefficient (Wildman–Crippen LogP) is 1.75. The molecular weight excluding hydrogens is 586 g/mol. The molecule has 2 aliphatic heterocycles. The summed E-state index contributed by atoms with van der Waals surface area (Å²) < 4.78 is 17.6. The fraction of sp³-hybridized carbons (Fsp3) is 0.394. The minimum absolute atomic E-state index is 0. The van der Waals surface area contributed by atoms with Crippen molar-refractivity contribution in [1.82, 2.24) is 0 Å². The fourth-order valence-corrected chi connectivity index (χ4v) is 6.52. The third-order valence-corrected chi connectivity index (χ3v) is 8.61. The largest absolute Gasteiger partial charge is 1.00 e. The lowest BCUT2D eigenvalue weighted by Crippen LogP contribution is -3.00. The molecule has 0 unspecified atom stereocenters. The van der Waals surface area contributed by atoms with Gasteiger partial charge >= 0.3 is 11.9 Å². The number of ether oxygens (including phenoxy) is 3. The molecule has 8 heteroatoms. The van der Waals surface area contributed by atoms with Crippen molar-refractivity contribution < 1.29 is 50.4 Å². The van der Waals surface area contributed by atoms with Crippen molar-refractivity contribution >= 4 is 11.9 Å². The summed E-state index contributed by atoms with van der Waals surface area (Å²) in [7, 11) is 2.29. The maximum Gasteiger partial charge on any atom is 0.347 e. The molecule has 4 atom stereocenters. The maximum absolute atomic E-state index is 13.7. The first-order chi connectivity index (χ1) is 19.3. The molecule has 0 saturated carbocycles. The van der Waals surface area contributed by atoms with Crippen LogP contribution < -0.4 is 21.7 Å². The summed E-state index contributed by atoms with van der Waals surface area (Å²) in [6.45, 7) is 2.81. The van der Waals surface area contributed by atoms with Crippen LogP contribution in [0.3, 0.4) is 0 Å². The van der Waals surface area contributed by atoms with Crippen molar-refractivity contribution in [1.29, 1.82) is 0 Å². The second-order valence-electron chi connectivity index (χ2n) is 11.1. The highest BCUT2D eigenvalue weighted by Crippen LogP contribution is 2.44. The first kappa shape index (κ1) is 30.8. The highest BCUT2D eigenvalue weighted by molar-refractivity contribution is 5.85. The molecule has 3 aromatic carbocycles. The van der Waals surface area contributed by atoms with Crippen LogP contribution in [-0.4, -0.2) is 60.0 Å². The van der Waals surface area contributed by atoms with E-state index in [2.05, 4.69) is 13.1 Å². The molecule has 7 nitrogen and oxygen atoms in total. The van der Waals surface area contributed by atoms with E-state index in [1.807, 2.05) is 54.6 Å². The Labute approximate surface area is 252 Å². The van der Waals surface area contributed by atoms with Crippen molar-refractivity contribution in [2.24, 2.45) is 0 Å². The molecule has 0 spiro atoms. The SMILES string of the molecule is CCOC(=O)COc1cccc(C[N@+]2(C)[C@@H]3CC[C@H]2C[C@@H](OC(=O)C(O)(c2ccccc2)c2ccccc2)C3)c1.[Br-]. The van der Waals surface area contributed by atoms with Crippen LogP contribution in [-0.2, 0) is 31.2 Å². The molecule has 2 fully saturated rings. The number of esters is 2. The number of hydrogen-bond donors (Lipinski definition) is 1. The van der Waals surface area contributed by atoms with Crippen LogP contribution in [0.25, 0.3) is 0 Å². The molecule has 3 aromatic rings. The molecule has 0 radical (unpaired) electrons. The van der Waals surface area contributed by atoms with Crippen LogP contribution in [0.15, 0.2) is 84.9 Å². The van der Waals surface area contributed by atoms with Gasteiger partial charge in [0.2, 0.25) is 5.60 Å². The van der Waals surface area contributed by atoms with E-state index in [4.69, 9.17) is 14.2 Å². The van der Waals surface area contributed by atoms with Gasteiger partial charge in [-0.25, -0.2) is 9.59 Å². The molecule has 2 heterocycles. The van der Waals surface area contributed by atoms with Crippen molar-refractivity contribution in [2.45, 2.75) is 62.9 Å². The maximum atomic E-state index is 13.7. The molecule has 0 amide bonds. The van der Waals surface area contributed by atoms with E-state index < -0.39 is 11.6 Å². The van der Waals surface area contributed by atoms with E-state index >= 15 is 0 Å². The zero-order valence-corrected chi connectivity index (χ0v) is 25.2. The van der Waals surface area contributed by atoms with E-state index in [0.29, 0.717) is 35.6 Å². The van der Waals surface area contributed by atoms with Gasteiger partial charge in [0.15, 0.2) is 6.61 Å². The Hall–Kier alpha value is -3.20. The van der Waals surface area contributed by atoms with E-state index in [0.717, 1.165) is 42.3 Å². The van der Waals surface area contributed by atoms with Gasteiger partial charge in [-0.15, -0.1) is 0 Å². The molecule has 2 saturated heterocycles. The van der Waals surface area contributed by atoms with Crippen LogP contribution in [0.4, 0.5) is 0 Å². The monoisotopic (exact) mass is 623 g/mol. The normalized spacial score (nSPS) is 23.2. The zero-order chi connectivity index (χ0) is 28.2. The standard InChI is InChI=1S/C33H38NO6.BrH/c1-3-38-31(35)23-39-29-16-10-11-24(19-29)22-34(2)27-17-18-28(34)21-30(20-27)40-32(36)33(37,25-12-6-4-7-13-25)26-14-8-5-9-15-26;/h4-16,19,27-28,30,37H,3,17-18,20-23H2,1-2H3;1H/q+1;/p-1/t27-,28+,30+,34-;. The summed E-state index contributed by atoms with van der Waals surface area (Å²) in [4.78, 5) is 25.4. The van der Waals surface area contributed by atoms with Gasteiger partial charge in [-0.3, -0.25) is 0 Å². The summed E-state index contributed by atoms with van der Waals surface area (Å²) in [5.41, 5.74) is 0.256. The average molecular weight is 625 g/mol. The number of hydrogen-bond acceptors (Lipinski definition) is 6. The number of carbonyl (C=O) groups excluding carboxylic acids is 2. The minimum atomic E-state index is -1.87. The van der Waals surface area contributed by atoms with Gasteiger partial charge in [0.05, 0.1) is 25.7 Å². The topological polar surface area (TPSA) is 82.1 Å². The summed E-state index contributed by atoms with van der Waals surface area (Å²) in [5.74, 6) is -0.362. The number of piperidine rings is 1. The molecule has 1 N–H and O–H groups in total. The van der Waals surface area contributed by atoms with Gasteiger partial charge in [-0.1, -0.05) is 72.8 Å². The van der Waals surface area contributed by atoms with Crippen LogP contribution in [0.5, 0.6) is 5.75 Å². The number of fused-ring (bicyclic) bond motifs is 2. The minimum Gasteiger partial charge on any atom is -1.00 e.